The summed E-state index contributed by atoms with van der Waals surface area (Å²) in [4.78, 5) is 12.4. The summed E-state index contributed by atoms with van der Waals surface area (Å²) in [7, 11) is 1.79. The van der Waals surface area contributed by atoms with Crippen molar-refractivity contribution in [2.45, 2.75) is 13.5 Å². The first-order valence-corrected chi connectivity index (χ1v) is 5.65. The zero-order valence-electron chi connectivity index (χ0n) is 10.4. The Morgan fingerprint density at radius 3 is 2.67 bits per heavy atom. The van der Waals surface area contributed by atoms with Gasteiger partial charge < -0.3 is 16.4 Å². The number of hydrogen-bond donors (Lipinski definition) is 3. The number of anilines is 3. The molecule has 6 heteroatoms. The Labute approximate surface area is 106 Å². The third-order valence-electron chi connectivity index (χ3n) is 2.45. The van der Waals surface area contributed by atoms with Gasteiger partial charge in [-0.2, -0.15) is 9.97 Å². The monoisotopic (exact) mass is 244 g/mol. The molecule has 0 radical (unpaired) electrons. The Balaban J connectivity index is 2.05. The first kappa shape index (κ1) is 12.1. The minimum Gasteiger partial charge on any atom is -0.373 e. The van der Waals surface area contributed by atoms with Gasteiger partial charge in [0, 0.05) is 31.5 Å². The van der Waals surface area contributed by atoms with Crippen LogP contribution in [0, 0.1) is 6.92 Å². The Hall–Kier alpha value is -2.37. The number of hydrogen-bond acceptors (Lipinski definition) is 6. The van der Waals surface area contributed by atoms with Gasteiger partial charge in [-0.05, 0) is 18.6 Å². The molecule has 2 heterocycles. The second-order valence-corrected chi connectivity index (χ2v) is 3.91. The lowest BCUT2D eigenvalue weighted by atomic mass is 10.2. The van der Waals surface area contributed by atoms with Gasteiger partial charge in [0.05, 0.1) is 0 Å². The number of aryl methyl sites for hydroxylation is 1. The van der Waals surface area contributed by atoms with Crippen molar-refractivity contribution < 1.29 is 0 Å². The van der Waals surface area contributed by atoms with Crippen LogP contribution < -0.4 is 16.4 Å². The molecule has 94 valence electrons. The lowest BCUT2D eigenvalue weighted by Crippen LogP contribution is -2.06. The molecule has 2 aromatic rings. The third-order valence-corrected chi connectivity index (χ3v) is 2.45. The van der Waals surface area contributed by atoms with E-state index in [1.54, 1.807) is 13.1 Å². The zero-order valence-corrected chi connectivity index (χ0v) is 10.4. The van der Waals surface area contributed by atoms with E-state index in [0.717, 1.165) is 11.3 Å². The predicted molar refractivity (Wildman–Crippen MR) is 72.3 cm³/mol. The van der Waals surface area contributed by atoms with Crippen LogP contribution in [0.15, 0.2) is 24.4 Å². The standard InChI is InChI=1S/C12H16N6/c1-8-3-4-9(6-15-8)7-16-11-5-10(14-2)17-12(13)18-11/h3-6H,7H2,1-2H3,(H4,13,14,16,17,18). The van der Waals surface area contributed by atoms with E-state index in [1.807, 2.05) is 25.3 Å². The summed E-state index contributed by atoms with van der Waals surface area (Å²) in [5.41, 5.74) is 7.70. The summed E-state index contributed by atoms with van der Waals surface area (Å²) >= 11 is 0. The van der Waals surface area contributed by atoms with Gasteiger partial charge in [0.2, 0.25) is 5.95 Å². The number of nitrogens with one attached hydrogen (secondary N) is 2. The maximum Gasteiger partial charge on any atom is 0.223 e. The predicted octanol–water partition coefficient (Wildman–Crippen LogP) is 1.42. The van der Waals surface area contributed by atoms with Crippen LogP contribution in [-0.2, 0) is 6.54 Å². The summed E-state index contributed by atoms with van der Waals surface area (Å²) in [6, 6.07) is 5.81. The summed E-state index contributed by atoms with van der Waals surface area (Å²) in [5, 5.41) is 6.12. The van der Waals surface area contributed by atoms with Gasteiger partial charge in [-0.1, -0.05) is 6.07 Å². The van der Waals surface area contributed by atoms with Crippen molar-refractivity contribution in [3.05, 3.63) is 35.7 Å². The molecule has 0 saturated carbocycles. The van der Waals surface area contributed by atoms with E-state index in [4.69, 9.17) is 5.73 Å². The van der Waals surface area contributed by atoms with E-state index in [0.29, 0.717) is 18.2 Å². The highest BCUT2D eigenvalue weighted by Crippen LogP contribution is 2.12. The van der Waals surface area contributed by atoms with Crippen LogP contribution in [0.5, 0.6) is 0 Å². The van der Waals surface area contributed by atoms with Crippen molar-refractivity contribution >= 4 is 17.6 Å². The molecule has 0 bridgehead atoms. The molecule has 4 N–H and O–H groups in total. The molecule has 0 aliphatic heterocycles. The Kier molecular flexibility index (Phi) is 3.57. The van der Waals surface area contributed by atoms with Crippen LogP contribution >= 0.6 is 0 Å². The van der Waals surface area contributed by atoms with Crippen LogP contribution in [0.25, 0.3) is 0 Å². The number of nitrogens with zero attached hydrogens (tertiary/aromatic N) is 3. The highest BCUT2D eigenvalue weighted by molar-refractivity contribution is 5.50. The molecule has 0 aliphatic carbocycles. The highest BCUT2D eigenvalue weighted by Gasteiger charge is 2.01. The summed E-state index contributed by atoms with van der Waals surface area (Å²) < 4.78 is 0. The summed E-state index contributed by atoms with van der Waals surface area (Å²) in [6.45, 7) is 2.61. The van der Waals surface area contributed by atoms with Gasteiger partial charge in [0.25, 0.3) is 0 Å². The zero-order chi connectivity index (χ0) is 13.0. The largest absolute Gasteiger partial charge is 0.373 e. The summed E-state index contributed by atoms with van der Waals surface area (Å²) in [5.74, 6) is 1.62. The fraction of sp³-hybridized carbons (Fsp3) is 0.250. The van der Waals surface area contributed by atoms with E-state index in [1.165, 1.54) is 0 Å². The molecule has 0 aliphatic rings. The van der Waals surface area contributed by atoms with Gasteiger partial charge in [0.1, 0.15) is 11.6 Å². The van der Waals surface area contributed by atoms with Gasteiger partial charge in [-0.3, -0.25) is 4.98 Å². The van der Waals surface area contributed by atoms with Crippen molar-refractivity contribution in [2.24, 2.45) is 0 Å². The first-order valence-electron chi connectivity index (χ1n) is 5.65. The van der Waals surface area contributed by atoms with Crippen LogP contribution in [0.3, 0.4) is 0 Å². The molecule has 0 saturated heterocycles. The molecule has 6 nitrogen and oxygen atoms in total. The number of nitrogen functional groups attached to an aromatic ring is 1. The maximum atomic E-state index is 5.61. The SMILES string of the molecule is CNc1cc(NCc2ccc(C)nc2)nc(N)n1. The smallest absolute Gasteiger partial charge is 0.223 e. The topological polar surface area (TPSA) is 88.8 Å². The molecule has 18 heavy (non-hydrogen) atoms. The lowest BCUT2D eigenvalue weighted by Gasteiger charge is -2.08. The van der Waals surface area contributed by atoms with Crippen molar-refractivity contribution in [3.63, 3.8) is 0 Å². The Morgan fingerprint density at radius 2 is 2.00 bits per heavy atom. The minimum absolute atomic E-state index is 0.242. The van der Waals surface area contributed by atoms with Crippen LogP contribution in [0.2, 0.25) is 0 Å². The first-order chi connectivity index (χ1) is 8.67. The molecule has 0 atom stereocenters. The number of pyridine rings is 1. The number of rotatable bonds is 4. The van der Waals surface area contributed by atoms with Gasteiger partial charge in [0.15, 0.2) is 0 Å². The average Bonchev–Trinajstić information content (AvgIpc) is 2.37. The van der Waals surface area contributed by atoms with E-state index in [9.17, 15) is 0 Å². The van der Waals surface area contributed by atoms with E-state index < -0.39 is 0 Å². The van der Waals surface area contributed by atoms with Crippen molar-refractivity contribution in [2.75, 3.05) is 23.4 Å². The fourth-order valence-corrected chi connectivity index (χ4v) is 1.48. The van der Waals surface area contributed by atoms with E-state index >= 15 is 0 Å². The molecule has 0 amide bonds. The molecule has 0 fully saturated rings. The fourth-order valence-electron chi connectivity index (χ4n) is 1.48. The average molecular weight is 244 g/mol. The number of aromatic nitrogens is 3. The number of nitrogens with two attached hydrogens (primary N) is 1. The molecule has 0 unspecified atom stereocenters. The minimum atomic E-state index is 0.242. The molecule has 0 aromatic carbocycles. The van der Waals surface area contributed by atoms with Crippen molar-refractivity contribution in [1.82, 2.24) is 15.0 Å². The van der Waals surface area contributed by atoms with E-state index in [2.05, 4.69) is 25.6 Å². The van der Waals surface area contributed by atoms with Crippen LogP contribution in [-0.4, -0.2) is 22.0 Å². The quantitative estimate of drug-likeness (QED) is 0.753. The molecular formula is C12H16N6. The van der Waals surface area contributed by atoms with Gasteiger partial charge >= 0.3 is 0 Å². The van der Waals surface area contributed by atoms with Crippen LogP contribution in [0.1, 0.15) is 11.3 Å². The highest BCUT2D eigenvalue weighted by atomic mass is 15.1. The van der Waals surface area contributed by atoms with E-state index in [-0.39, 0.29) is 5.95 Å². The second-order valence-electron chi connectivity index (χ2n) is 3.91. The molecule has 2 aromatic heterocycles. The molecule has 0 spiro atoms. The third kappa shape index (κ3) is 3.07. The normalized spacial score (nSPS) is 10.1. The van der Waals surface area contributed by atoms with Crippen molar-refractivity contribution in [1.29, 1.82) is 0 Å². The summed E-state index contributed by atoms with van der Waals surface area (Å²) in [6.07, 6.45) is 1.84. The van der Waals surface area contributed by atoms with Crippen molar-refractivity contribution in [3.8, 4) is 0 Å². The Bertz CT molecular complexity index is 523. The molecule has 2 rings (SSSR count). The lowest BCUT2D eigenvalue weighted by molar-refractivity contribution is 1.06. The van der Waals surface area contributed by atoms with Gasteiger partial charge in [-0.15, -0.1) is 0 Å². The Morgan fingerprint density at radius 1 is 1.22 bits per heavy atom. The van der Waals surface area contributed by atoms with Gasteiger partial charge in [-0.25, -0.2) is 0 Å². The molecular weight excluding hydrogens is 228 g/mol. The second kappa shape index (κ2) is 5.31. The maximum absolute atomic E-state index is 5.61. The van der Waals surface area contributed by atoms with Crippen LogP contribution in [0.4, 0.5) is 17.6 Å².